The van der Waals surface area contributed by atoms with Gasteiger partial charge in [-0.2, -0.15) is 0 Å². The fraction of sp³-hybridized carbons (Fsp3) is 1.00. The molecule has 2 unspecified atom stereocenters. The minimum absolute atomic E-state index is 0.141. The van der Waals surface area contributed by atoms with Crippen LogP contribution in [0.5, 0.6) is 0 Å². The molecule has 0 aromatic heterocycles. The van der Waals surface area contributed by atoms with E-state index >= 15 is 0 Å². The topological polar surface area (TPSA) is 20.2 Å². The maximum atomic E-state index is 11.1. The van der Waals surface area contributed by atoms with Gasteiger partial charge in [-0.3, -0.25) is 0 Å². The van der Waals surface area contributed by atoms with E-state index in [1.165, 1.54) is 38.5 Å². The van der Waals surface area contributed by atoms with Crippen LogP contribution in [0.25, 0.3) is 0 Å². The maximum Gasteiger partial charge on any atom is 0.0606 e. The van der Waals surface area contributed by atoms with Crippen molar-refractivity contribution in [3.63, 3.8) is 0 Å². The minimum Gasteiger partial charge on any atom is -0.393 e. The molecule has 1 N–H and O–H groups in total. The Morgan fingerprint density at radius 3 is 1.57 bits per heavy atom. The van der Waals surface area contributed by atoms with Gasteiger partial charge in [-0.15, -0.1) is 0 Å². The lowest BCUT2D eigenvalue weighted by Gasteiger charge is -2.54. The summed E-state index contributed by atoms with van der Waals surface area (Å²) in [5.74, 6) is 2.56. The Morgan fingerprint density at radius 2 is 1.22 bits per heavy atom. The second-order valence-electron chi connectivity index (χ2n) is 11.4. The Hall–Kier alpha value is -0.0400. The van der Waals surface area contributed by atoms with E-state index in [0.717, 1.165) is 11.8 Å². The molecule has 2 aliphatic carbocycles. The fourth-order valence-electron chi connectivity index (χ4n) is 5.40. The summed E-state index contributed by atoms with van der Waals surface area (Å²) >= 11 is 0. The second kappa shape index (κ2) is 6.36. The van der Waals surface area contributed by atoms with E-state index in [2.05, 4.69) is 55.4 Å². The summed E-state index contributed by atoms with van der Waals surface area (Å²) in [5.41, 5.74) is 0.888. The smallest absolute Gasteiger partial charge is 0.0606 e. The molecule has 0 heterocycles. The normalized spacial score (nSPS) is 43.4. The summed E-state index contributed by atoms with van der Waals surface area (Å²) in [7, 11) is 0. The zero-order valence-electron chi connectivity index (χ0n) is 17.1. The zero-order chi connectivity index (χ0) is 17.6. The number of aliphatic hydroxyl groups is 1. The van der Waals surface area contributed by atoms with Crippen molar-refractivity contribution in [2.75, 3.05) is 0 Å². The van der Waals surface area contributed by atoms with E-state index < -0.39 is 0 Å². The predicted molar refractivity (Wildman–Crippen MR) is 100 cm³/mol. The third-order valence-corrected chi connectivity index (χ3v) is 7.53. The number of hydrogen-bond donors (Lipinski definition) is 1. The summed E-state index contributed by atoms with van der Waals surface area (Å²) in [6.07, 6.45) is 7.89. The molecule has 0 aromatic rings. The van der Waals surface area contributed by atoms with Gasteiger partial charge < -0.3 is 5.11 Å². The van der Waals surface area contributed by atoms with Gasteiger partial charge in [0.05, 0.1) is 6.10 Å². The highest BCUT2D eigenvalue weighted by Crippen LogP contribution is 2.56. The van der Waals surface area contributed by atoms with Crippen LogP contribution in [0, 0.1) is 39.9 Å². The van der Waals surface area contributed by atoms with E-state index in [0.29, 0.717) is 17.3 Å². The average molecular weight is 323 g/mol. The minimum atomic E-state index is -0.141. The summed E-state index contributed by atoms with van der Waals surface area (Å²) in [6.45, 7) is 18.9. The predicted octanol–water partition coefficient (Wildman–Crippen LogP) is 6.30. The van der Waals surface area contributed by atoms with Gasteiger partial charge in [0.25, 0.3) is 0 Å². The van der Waals surface area contributed by atoms with Gasteiger partial charge in [-0.1, -0.05) is 68.2 Å². The van der Waals surface area contributed by atoms with Crippen LogP contribution in [0.15, 0.2) is 0 Å². The molecule has 0 radical (unpaired) electrons. The number of hydrogen-bond acceptors (Lipinski definition) is 1. The van der Waals surface area contributed by atoms with Gasteiger partial charge >= 0.3 is 0 Å². The van der Waals surface area contributed by atoms with E-state index in [-0.39, 0.29) is 16.9 Å². The second-order valence-corrected chi connectivity index (χ2v) is 11.4. The van der Waals surface area contributed by atoms with Crippen molar-refractivity contribution in [2.45, 2.75) is 100 Å². The molecule has 2 rings (SSSR count). The first kappa shape index (κ1) is 19.3. The summed E-state index contributed by atoms with van der Waals surface area (Å²) in [6, 6.07) is 0. The Morgan fingerprint density at radius 1 is 0.826 bits per heavy atom. The first-order chi connectivity index (χ1) is 10.3. The third-order valence-electron chi connectivity index (χ3n) is 7.53. The Bertz CT molecular complexity index is 365. The first-order valence-electron chi connectivity index (χ1n) is 10.0. The van der Waals surface area contributed by atoms with Crippen LogP contribution >= 0.6 is 0 Å². The average Bonchev–Trinajstić information content (AvgIpc) is 2.40. The van der Waals surface area contributed by atoms with Crippen molar-refractivity contribution in [1.82, 2.24) is 0 Å². The van der Waals surface area contributed by atoms with Crippen LogP contribution < -0.4 is 0 Å². The van der Waals surface area contributed by atoms with Crippen molar-refractivity contribution in [3.05, 3.63) is 0 Å². The monoisotopic (exact) mass is 322 g/mol. The van der Waals surface area contributed by atoms with Crippen molar-refractivity contribution in [3.8, 4) is 0 Å². The molecule has 1 heteroatoms. The highest BCUT2D eigenvalue weighted by atomic mass is 16.3. The summed E-state index contributed by atoms with van der Waals surface area (Å²) in [4.78, 5) is 0. The van der Waals surface area contributed by atoms with Crippen LogP contribution in [-0.2, 0) is 0 Å². The number of aliphatic hydroxyl groups excluding tert-OH is 1. The van der Waals surface area contributed by atoms with Crippen LogP contribution in [0.4, 0.5) is 0 Å². The SMILES string of the molecule is CC1CCC(C)(C2CC(C(C)(C)C)C(O)C(C(C)(C)C)C2)CC1. The van der Waals surface area contributed by atoms with Crippen LogP contribution in [0.1, 0.15) is 93.9 Å². The lowest BCUT2D eigenvalue weighted by Crippen LogP contribution is -2.50. The first-order valence-corrected chi connectivity index (χ1v) is 10.0. The van der Waals surface area contributed by atoms with Crippen molar-refractivity contribution < 1.29 is 5.11 Å². The quantitative estimate of drug-likeness (QED) is 0.600. The lowest BCUT2D eigenvalue weighted by atomic mass is 9.52. The van der Waals surface area contributed by atoms with Gasteiger partial charge in [0.2, 0.25) is 0 Å². The van der Waals surface area contributed by atoms with Gasteiger partial charge in [0, 0.05) is 0 Å². The van der Waals surface area contributed by atoms with Gasteiger partial charge in [-0.25, -0.2) is 0 Å². The van der Waals surface area contributed by atoms with Gasteiger partial charge in [0.1, 0.15) is 0 Å². The highest BCUT2D eigenvalue weighted by molar-refractivity contribution is 5.00. The third kappa shape index (κ3) is 4.14. The molecule has 136 valence electrons. The van der Waals surface area contributed by atoms with Gasteiger partial charge in [0.15, 0.2) is 0 Å². The number of rotatable bonds is 1. The zero-order valence-corrected chi connectivity index (χ0v) is 17.1. The molecule has 23 heavy (non-hydrogen) atoms. The molecule has 0 spiro atoms. The Balaban J connectivity index is 2.26. The van der Waals surface area contributed by atoms with E-state index in [1.807, 2.05) is 0 Å². The van der Waals surface area contributed by atoms with Crippen molar-refractivity contribution >= 4 is 0 Å². The van der Waals surface area contributed by atoms with Crippen molar-refractivity contribution in [2.24, 2.45) is 39.9 Å². The molecule has 1 nitrogen and oxygen atoms in total. The summed E-state index contributed by atoms with van der Waals surface area (Å²) < 4.78 is 0. The van der Waals surface area contributed by atoms with Crippen LogP contribution in [0.2, 0.25) is 0 Å². The molecular formula is C22H42O. The largest absolute Gasteiger partial charge is 0.393 e. The summed E-state index contributed by atoms with van der Waals surface area (Å²) in [5, 5.41) is 11.1. The molecule has 0 saturated heterocycles. The van der Waals surface area contributed by atoms with E-state index in [9.17, 15) is 5.11 Å². The van der Waals surface area contributed by atoms with E-state index in [1.54, 1.807) is 0 Å². The standard InChI is InChI=1S/C22H42O/c1-15-9-11-22(8,12-10-15)16-13-17(20(2,3)4)19(23)18(14-16)21(5,6)7/h15-19,23H,9-14H2,1-8H3. The molecule has 2 fully saturated rings. The molecule has 0 bridgehead atoms. The van der Waals surface area contributed by atoms with Gasteiger partial charge in [-0.05, 0) is 65.6 Å². The van der Waals surface area contributed by atoms with Crippen LogP contribution in [0.3, 0.4) is 0 Å². The molecule has 2 saturated carbocycles. The van der Waals surface area contributed by atoms with Crippen molar-refractivity contribution in [1.29, 1.82) is 0 Å². The molecule has 0 aliphatic heterocycles. The Kier molecular flexibility index (Phi) is 5.33. The molecule has 0 amide bonds. The van der Waals surface area contributed by atoms with Crippen LogP contribution in [-0.4, -0.2) is 11.2 Å². The molecule has 2 aliphatic rings. The molecule has 0 aromatic carbocycles. The maximum absolute atomic E-state index is 11.1. The molecule has 2 atom stereocenters. The molecular weight excluding hydrogens is 280 g/mol. The lowest BCUT2D eigenvalue weighted by molar-refractivity contribution is -0.109. The van der Waals surface area contributed by atoms with E-state index in [4.69, 9.17) is 0 Å². The Labute approximate surface area is 145 Å². The fourth-order valence-corrected chi connectivity index (χ4v) is 5.40. The highest BCUT2D eigenvalue weighted by Gasteiger charge is 2.50.